The van der Waals surface area contributed by atoms with Crippen LogP contribution in [0.4, 0.5) is 5.82 Å². The molecule has 2 aromatic heterocycles. The number of nitrogens with zero attached hydrogens (tertiary/aromatic N) is 2. The van der Waals surface area contributed by atoms with E-state index in [2.05, 4.69) is 21.5 Å². The molecule has 1 aromatic carbocycles. The summed E-state index contributed by atoms with van der Waals surface area (Å²) in [6.45, 7) is 2.62. The van der Waals surface area contributed by atoms with Gasteiger partial charge in [0.15, 0.2) is 5.82 Å². The Morgan fingerprint density at radius 2 is 2.26 bits per heavy atom. The van der Waals surface area contributed by atoms with E-state index in [0.717, 1.165) is 16.5 Å². The van der Waals surface area contributed by atoms with Crippen LogP contribution in [0.25, 0.3) is 10.9 Å². The van der Waals surface area contributed by atoms with Crippen molar-refractivity contribution in [1.29, 1.82) is 0 Å². The third-order valence-electron chi connectivity index (χ3n) is 6.66. The van der Waals surface area contributed by atoms with Gasteiger partial charge in [-0.2, -0.15) is 0 Å². The largest absolute Gasteiger partial charge is 0.361 e. The molecule has 2 fully saturated rings. The van der Waals surface area contributed by atoms with Gasteiger partial charge in [0.2, 0.25) is 11.8 Å². The van der Waals surface area contributed by atoms with Crippen LogP contribution in [-0.2, 0) is 20.7 Å². The summed E-state index contributed by atoms with van der Waals surface area (Å²) in [6, 6.07) is 9.82. The van der Waals surface area contributed by atoms with Gasteiger partial charge in [0.1, 0.15) is 11.4 Å². The maximum atomic E-state index is 13.2. The van der Waals surface area contributed by atoms with Crippen LogP contribution in [0, 0.1) is 18.8 Å². The second-order valence-electron chi connectivity index (χ2n) is 8.52. The van der Waals surface area contributed by atoms with Gasteiger partial charge < -0.3 is 19.6 Å². The number of aromatic amines is 1. The molecule has 5 heterocycles. The maximum absolute atomic E-state index is 13.2. The number of hydrogen-bond donors (Lipinski definition) is 2. The van der Waals surface area contributed by atoms with Gasteiger partial charge in [0.25, 0.3) is 0 Å². The Balaban J connectivity index is 1.18. The van der Waals surface area contributed by atoms with Crippen molar-refractivity contribution in [3.8, 4) is 0 Å². The molecule has 6 rings (SSSR count). The second-order valence-corrected chi connectivity index (χ2v) is 8.52. The Hall–Kier alpha value is -3.39. The maximum Gasteiger partial charge on any atom is 0.235 e. The Bertz CT molecular complexity index is 1230. The van der Waals surface area contributed by atoms with Crippen LogP contribution in [0.1, 0.15) is 11.3 Å². The molecule has 8 nitrogen and oxygen atoms in total. The van der Waals surface area contributed by atoms with E-state index >= 15 is 0 Å². The van der Waals surface area contributed by atoms with E-state index in [4.69, 9.17) is 9.26 Å². The van der Waals surface area contributed by atoms with Crippen molar-refractivity contribution in [3.63, 3.8) is 0 Å². The van der Waals surface area contributed by atoms with Gasteiger partial charge in [-0.05, 0) is 25.0 Å². The molecule has 2 amide bonds. The lowest BCUT2D eigenvalue weighted by Gasteiger charge is -2.23. The number of amides is 2. The first-order valence-corrected chi connectivity index (χ1v) is 10.5. The number of para-hydroxylation sites is 1. The van der Waals surface area contributed by atoms with Gasteiger partial charge in [-0.1, -0.05) is 35.5 Å². The van der Waals surface area contributed by atoms with Crippen LogP contribution in [0.15, 0.2) is 53.2 Å². The number of ether oxygens (including phenoxy) is 1. The molecule has 31 heavy (non-hydrogen) atoms. The van der Waals surface area contributed by atoms with Gasteiger partial charge >= 0.3 is 0 Å². The van der Waals surface area contributed by atoms with Gasteiger partial charge in [-0.15, -0.1) is 0 Å². The smallest absolute Gasteiger partial charge is 0.235 e. The number of rotatable bonds is 5. The van der Waals surface area contributed by atoms with Crippen molar-refractivity contribution < 1.29 is 18.8 Å². The number of aromatic nitrogens is 2. The lowest BCUT2D eigenvalue weighted by Crippen LogP contribution is -2.44. The summed E-state index contributed by atoms with van der Waals surface area (Å²) >= 11 is 0. The lowest BCUT2D eigenvalue weighted by molar-refractivity contribution is -0.131. The normalized spacial score (nSPS) is 28.6. The molecule has 1 spiro atoms. The first kappa shape index (κ1) is 18.4. The third-order valence-corrected chi connectivity index (χ3v) is 6.66. The highest BCUT2D eigenvalue weighted by atomic mass is 16.5. The first-order chi connectivity index (χ1) is 15.1. The van der Waals surface area contributed by atoms with Crippen LogP contribution in [0.2, 0.25) is 0 Å². The van der Waals surface area contributed by atoms with E-state index in [1.54, 1.807) is 17.9 Å². The fraction of sp³-hybridized carbons (Fsp3) is 0.348. The zero-order valence-corrected chi connectivity index (χ0v) is 17.0. The molecule has 4 atom stereocenters. The molecule has 0 saturated carbocycles. The van der Waals surface area contributed by atoms with Crippen LogP contribution in [-0.4, -0.2) is 46.7 Å². The number of hydrogen-bond acceptors (Lipinski definition) is 5. The SMILES string of the molecule is Cc1cc(N2CC34C=C[C@@H](O3)C(C(=O)NCCc3c[nH]c5ccccc35)C4C2=O)no1. The number of H-pyrrole nitrogens is 1. The lowest BCUT2D eigenvalue weighted by atomic mass is 9.77. The molecular formula is C23H22N4O4. The molecule has 158 valence electrons. The molecule has 2 N–H and O–H groups in total. The minimum atomic E-state index is -0.770. The quantitative estimate of drug-likeness (QED) is 0.618. The summed E-state index contributed by atoms with van der Waals surface area (Å²) in [7, 11) is 0. The summed E-state index contributed by atoms with van der Waals surface area (Å²) in [5.41, 5.74) is 1.46. The highest BCUT2D eigenvalue weighted by Crippen LogP contribution is 2.52. The predicted octanol–water partition coefficient (Wildman–Crippen LogP) is 2.11. The number of fused-ring (bicyclic) bond motifs is 2. The molecule has 2 bridgehead atoms. The van der Waals surface area contributed by atoms with E-state index < -0.39 is 17.4 Å². The Labute approximate surface area is 178 Å². The van der Waals surface area contributed by atoms with Crippen molar-refractivity contribution >= 4 is 28.5 Å². The number of nitrogens with one attached hydrogen (secondary N) is 2. The topological polar surface area (TPSA) is 100 Å². The van der Waals surface area contributed by atoms with Crippen molar-refractivity contribution in [2.24, 2.45) is 11.8 Å². The minimum Gasteiger partial charge on any atom is -0.361 e. The molecule has 3 aliphatic rings. The van der Waals surface area contributed by atoms with Crippen molar-refractivity contribution in [2.45, 2.75) is 25.0 Å². The van der Waals surface area contributed by atoms with E-state index in [1.165, 1.54) is 0 Å². The summed E-state index contributed by atoms with van der Waals surface area (Å²) in [6.07, 6.45) is 6.16. The van der Waals surface area contributed by atoms with Gasteiger partial charge in [0, 0.05) is 29.7 Å². The molecule has 0 radical (unpaired) electrons. The number of carbonyl (C=O) groups excluding carboxylic acids is 2. The minimum absolute atomic E-state index is 0.142. The highest BCUT2D eigenvalue weighted by Gasteiger charge is 2.67. The van der Waals surface area contributed by atoms with Crippen LogP contribution in [0.3, 0.4) is 0 Å². The Morgan fingerprint density at radius 3 is 3.10 bits per heavy atom. The zero-order chi connectivity index (χ0) is 21.2. The molecule has 0 aliphatic carbocycles. The van der Waals surface area contributed by atoms with Gasteiger partial charge in [-0.3, -0.25) is 14.5 Å². The van der Waals surface area contributed by atoms with E-state index in [-0.39, 0.29) is 17.9 Å². The van der Waals surface area contributed by atoms with E-state index in [9.17, 15) is 9.59 Å². The number of carbonyl (C=O) groups is 2. The fourth-order valence-corrected chi connectivity index (χ4v) is 5.25. The van der Waals surface area contributed by atoms with Crippen molar-refractivity contribution in [1.82, 2.24) is 15.5 Å². The number of anilines is 1. The van der Waals surface area contributed by atoms with Gasteiger partial charge in [0.05, 0.1) is 24.5 Å². The predicted molar refractivity (Wildman–Crippen MR) is 112 cm³/mol. The summed E-state index contributed by atoms with van der Waals surface area (Å²) in [4.78, 5) is 31.2. The molecule has 3 aromatic rings. The summed E-state index contributed by atoms with van der Waals surface area (Å²) < 4.78 is 11.3. The zero-order valence-electron chi connectivity index (χ0n) is 17.0. The van der Waals surface area contributed by atoms with Gasteiger partial charge in [-0.25, -0.2) is 0 Å². The Kier molecular flexibility index (Phi) is 3.89. The highest BCUT2D eigenvalue weighted by molar-refractivity contribution is 6.02. The fourth-order valence-electron chi connectivity index (χ4n) is 5.25. The molecule has 8 heteroatoms. The van der Waals surface area contributed by atoms with E-state index in [1.807, 2.05) is 36.5 Å². The van der Waals surface area contributed by atoms with Crippen LogP contribution >= 0.6 is 0 Å². The van der Waals surface area contributed by atoms with E-state index in [0.29, 0.717) is 31.1 Å². The molecule has 2 saturated heterocycles. The standard InChI is InChI=1S/C23H22N4O4/c1-13-10-18(26-31-13)27-12-23-8-6-17(30-23)19(20(23)22(27)29)21(28)24-9-7-14-11-25-16-5-3-2-4-15(14)16/h2-6,8,10-11,17,19-20,25H,7,9,12H2,1H3,(H,24,28)/t17-,19?,20?,23?/m1/s1. The van der Waals surface area contributed by atoms with Crippen molar-refractivity contribution in [3.05, 3.63) is 60.0 Å². The molecular weight excluding hydrogens is 396 g/mol. The van der Waals surface area contributed by atoms with Crippen molar-refractivity contribution in [2.75, 3.05) is 18.0 Å². The number of aryl methyl sites for hydroxylation is 1. The average molecular weight is 418 g/mol. The van der Waals surface area contributed by atoms with Crippen LogP contribution in [0.5, 0.6) is 0 Å². The first-order valence-electron chi connectivity index (χ1n) is 10.5. The second kappa shape index (κ2) is 6.55. The summed E-state index contributed by atoms with van der Waals surface area (Å²) in [5.74, 6) is -0.287. The molecule has 3 aliphatic heterocycles. The van der Waals surface area contributed by atoms with Crippen LogP contribution < -0.4 is 10.2 Å². The molecule has 3 unspecified atom stereocenters. The monoisotopic (exact) mass is 418 g/mol. The average Bonchev–Trinajstić information content (AvgIpc) is 3.56. The third kappa shape index (κ3) is 2.68. The number of benzene rings is 1. The summed E-state index contributed by atoms with van der Waals surface area (Å²) in [5, 5.41) is 8.16. The Morgan fingerprint density at radius 1 is 1.39 bits per heavy atom.